The molecule has 17 heavy (non-hydrogen) atoms. The minimum Gasteiger partial charge on any atom is -0.481 e. The average molecular weight is 242 g/mol. The van der Waals surface area contributed by atoms with Crippen LogP contribution in [0.4, 0.5) is 4.79 Å². The summed E-state index contributed by atoms with van der Waals surface area (Å²) in [7, 11) is 0. The number of carboxylic acid groups (broad SMARTS) is 1. The molecule has 1 atom stereocenters. The van der Waals surface area contributed by atoms with Crippen LogP contribution in [0.1, 0.15) is 33.6 Å². The molecule has 5 nitrogen and oxygen atoms in total. The molecule has 0 spiro atoms. The van der Waals surface area contributed by atoms with Gasteiger partial charge >= 0.3 is 12.0 Å². The summed E-state index contributed by atoms with van der Waals surface area (Å²) in [6, 6.07) is -0.141. The number of rotatable bonds is 3. The second-order valence-electron chi connectivity index (χ2n) is 5.67. The lowest BCUT2D eigenvalue weighted by molar-refractivity contribution is -0.136. The van der Waals surface area contributed by atoms with Crippen molar-refractivity contribution in [3.63, 3.8) is 0 Å². The molecule has 1 rings (SSSR count). The van der Waals surface area contributed by atoms with Gasteiger partial charge in [-0.25, -0.2) is 4.79 Å². The Bertz CT molecular complexity index is 297. The molecule has 1 fully saturated rings. The lowest BCUT2D eigenvalue weighted by Crippen LogP contribution is -2.40. The van der Waals surface area contributed by atoms with Crippen molar-refractivity contribution in [3.05, 3.63) is 0 Å². The van der Waals surface area contributed by atoms with Crippen LogP contribution in [0.25, 0.3) is 0 Å². The summed E-state index contributed by atoms with van der Waals surface area (Å²) in [6.07, 6.45) is 0.998. The Morgan fingerprint density at radius 1 is 1.41 bits per heavy atom. The van der Waals surface area contributed by atoms with Gasteiger partial charge in [-0.2, -0.15) is 0 Å². The number of carboxylic acids is 1. The van der Waals surface area contributed by atoms with Gasteiger partial charge in [-0.3, -0.25) is 4.79 Å². The summed E-state index contributed by atoms with van der Waals surface area (Å²) >= 11 is 0. The summed E-state index contributed by atoms with van der Waals surface area (Å²) in [5.41, 5.74) is 0.218. The Balaban J connectivity index is 2.33. The maximum Gasteiger partial charge on any atom is 0.317 e. The van der Waals surface area contributed by atoms with Crippen LogP contribution in [-0.2, 0) is 4.79 Å². The van der Waals surface area contributed by atoms with E-state index in [4.69, 9.17) is 5.11 Å². The van der Waals surface area contributed by atoms with Crippen molar-refractivity contribution in [2.24, 2.45) is 11.3 Å². The first-order valence-electron chi connectivity index (χ1n) is 6.05. The van der Waals surface area contributed by atoms with E-state index in [1.807, 2.05) is 0 Å². The number of aliphatic carboxylic acids is 1. The van der Waals surface area contributed by atoms with Gasteiger partial charge < -0.3 is 15.3 Å². The molecule has 5 heteroatoms. The molecule has 1 aliphatic heterocycles. The van der Waals surface area contributed by atoms with E-state index in [-0.39, 0.29) is 24.4 Å². The van der Waals surface area contributed by atoms with Crippen molar-refractivity contribution in [1.29, 1.82) is 0 Å². The van der Waals surface area contributed by atoms with Crippen LogP contribution in [0.2, 0.25) is 0 Å². The Labute approximate surface area is 102 Å². The summed E-state index contributed by atoms with van der Waals surface area (Å²) in [5.74, 6) is -0.369. The lowest BCUT2D eigenvalue weighted by Gasteiger charge is -2.26. The van der Waals surface area contributed by atoms with Gasteiger partial charge in [0.05, 0.1) is 6.42 Å². The van der Waals surface area contributed by atoms with Gasteiger partial charge in [0.15, 0.2) is 0 Å². The van der Waals surface area contributed by atoms with E-state index in [9.17, 15) is 9.59 Å². The third-order valence-electron chi connectivity index (χ3n) is 3.32. The number of nitrogens with zero attached hydrogens (tertiary/aromatic N) is 1. The predicted molar refractivity (Wildman–Crippen MR) is 64.8 cm³/mol. The zero-order valence-electron chi connectivity index (χ0n) is 10.8. The Morgan fingerprint density at radius 3 is 2.53 bits per heavy atom. The molecular weight excluding hydrogens is 220 g/mol. The molecule has 2 amide bonds. The number of hydrogen-bond donors (Lipinski definition) is 2. The van der Waals surface area contributed by atoms with Gasteiger partial charge in [-0.1, -0.05) is 20.8 Å². The highest BCUT2D eigenvalue weighted by Crippen LogP contribution is 2.33. The molecule has 0 aromatic carbocycles. The number of carbonyl (C=O) groups excluding carboxylic acids is 1. The number of carbonyl (C=O) groups is 2. The number of hydrogen-bond acceptors (Lipinski definition) is 2. The Morgan fingerprint density at radius 2 is 2.06 bits per heavy atom. The van der Waals surface area contributed by atoms with Crippen molar-refractivity contribution in [2.75, 3.05) is 19.6 Å². The fourth-order valence-corrected chi connectivity index (χ4v) is 2.04. The van der Waals surface area contributed by atoms with Crippen LogP contribution >= 0.6 is 0 Å². The third kappa shape index (κ3) is 4.24. The van der Waals surface area contributed by atoms with Crippen LogP contribution in [0.15, 0.2) is 0 Å². The van der Waals surface area contributed by atoms with Gasteiger partial charge in [-0.05, 0) is 17.8 Å². The molecule has 0 aromatic heterocycles. The van der Waals surface area contributed by atoms with Crippen molar-refractivity contribution >= 4 is 12.0 Å². The summed E-state index contributed by atoms with van der Waals surface area (Å²) in [4.78, 5) is 23.8. The zero-order valence-corrected chi connectivity index (χ0v) is 10.8. The summed E-state index contributed by atoms with van der Waals surface area (Å²) < 4.78 is 0. The zero-order chi connectivity index (χ0) is 13.1. The molecule has 1 heterocycles. The monoisotopic (exact) mass is 242 g/mol. The summed E-state index contributed by atoms with van der Waals surface area (Å²) in [5, 5.41) is 11.1. The molecule has 1 aliphatic rings. The van der Waals surface area contributed by atoms with Crippen LogP contribution in [0.5, 0.6) is 0 Å². The van der Waals surface area contributed by atoms with E-state index < -0.39 is 5.97 Å². The first-order chi connectivity index (χ1) is 7.80. The van der Waals surface area contributed by atoms with Crippen molar-refractivity contribution in [3.8, 4) is 0 Å². The van der Waals surface area contributed by atoms with Crippen molar-refractivity contribution < 1.29 is 14.7 Å². The average Bonchev–Trinajstić information content (AvgIpc) is 2.64. The van der Waals surface area contributed by atoms with Crippen molar-refractivity contribution in [2.45, 2.75) is 33.6 Å². The first-order valence-corrected chi connectivity index (χ1v) is 6.05. The minimum absolute atomic E-state index is 0.0255. The van der Waals surface area contributed by atoms with Gasteiger partial charge in [0.2, 0.25) is 0 Å². The maximum absolute atomic E-state index is 11.7. The van der Waals surface area contributed by atoms with Crippen molar-refractivity contribution in [1.82, 2.24) is 10.2 Å². The van der Waals surface area contributed by atoms with Gasteiger partial charge in [0, 0.05) is 19.6 Å². The van der Waals surface area contributed by atoms with Crippen LogP contribution in [0, 0.1) is 11.3 Å². The SMILES string of the molecule is CC(C)(C)C1CCN(C(=O)NCCC(=O)O)C1. The largest absolute Gasteiger partial charge is 0.481 e. The highest BCUT2D eigenvalue weighted by molar-refractivity contribution is 5.75. The highest BCUT2D eigenvalue weighted by atomic mass is 16.4. The van der Waals surface area contributed by atoms with Crippen LogP contribution in [-0.4, -0.2) is 41.6 Å². The number of nitrogens with one attached hydrogen (secondary N) is 1. The fraction of sp³-hybridized carbons (Fsp3) is 0.833. The topological polar surface area (TPSA) is 69.6 Å². The number of amides is 2. The molecule has 0 saturated carbocycles. The quantitative estimate of drug-likeness (QED) is 0.788. The fourth-order valence-electron chi connectivity index (χ4n) is 2.04. The molecule has 0 aromatic rings. The Kier molecular flexibility index (Phi) is 4.37. The Hall–Kier alpha value is -1.26. The smallest absolute Gasteiger partial charge is 0.317 e. The maximum atomic E-state index is 11.7. The van der Waals surface area contributed by atoms with Gasteiger partial charge in [0.1, 0.15) is 0 Å². The van der Waals surface area contributed by atoms with Crippen LogP contribution < -0.4 is 5.32 Å². The van der Waals surface area contributed by atoms with E-state index in [1.165, 1.54) is 0 Å². The molecule has 1 saturated heterocycles. The van der Waals surface area contributed by atoms with Gasteiger partial charge in [0.25, 0.3) is 0 Å². The van der Waals surface area contributed by atoms with E-state index >= 15 is 0 Å². The predicted octanol–water partition coefficient (Wildman–Crippen LogP) is 1.54. The number of likely N-dealkylation sites (tertiary alicyclic amines) is 1. The normalized spacial score (nSPS) is 20.4. The number of urea groups is 1. The molecule has 0 radical (unpaired) electrons. The molecule has 98 valence electrons. The lowest BCUT2D eigenvalue weighted by atomic mass is 9.80. The first kappa shape index (κ1) is 13.8. The van der Waals surface area contributed by atoms with E-state index in [2.05, 4.69) is 26.1 Å². The highest BCUT2D eigenvalue weighted by Gasteiger charge is 2.33. The molecule has 1 unspecified atom stereocenters. The summed E-state index contributed by atoms with van der Waals surface area (Å²) in [6.45, 7) is 8.28. The van der Waals surface area contributed by atoms with Gasteiger partial charge in [-0.15, -0.1) is 0 Å². The second kappa shape index (κ2) is 5.38. The minimum atomic E-state index is -0.890. The molecular formula is C12H22N2O3. The second-order valence-corrected chi connectivity index (χ2v) is 5.67. The van der Waals surface area contributed by atoms with E-state index in [0.29, 0.717) is 5.92 Å². The third-order valence-corrected chi connectivity index (χ3v) is 3.32. The molecule has 0 aliphatic carbocycles. The molecule has 2 N–H and O–H groups in total. The van der Waals surface area contributed by atoms with Crippen LogP contribution in [0.3, 0.4) is 0 Å². The van der Waals surface area contributed by atoms with E-state index in [1.54, 1.807) is 4.90 Å². The molecule has 0 bridgehead atoms. The standard InChI is InChI=1S/C12H22N2O3/c1-12(2,3)9-5-7-14(8-9)11(17)13-6-4-10(15)16/h9H,4-8H2,1-3H3,(H,13,17)(H,15,16). The van der Waals surface area contributed by atoms with E-state index in [0.717, 1.165) is 19.5 Å².